The molecule has 0 unspecified atom stereocenters. The second kappa shape index (κ2) is 5.14. The summed E-state index contributed by atoms with van der Waals surface area (Å²) in [4.78, 5) is 2.42. The molecule has 0 spiro atoms. The lowest BCUT2D eigenvalue weighted by molar-refractivity contribution is 0.414. The molecule has 1 aliphatic rings. The van der Waals surface area contributed by atoms with Crippen molar-refractivity contribution in [1.82, 2.24) is 10.2 Å². The van der Waals surface area contributed by atoms with Crippen molar-refractivity contribution in [1.29, 1.82) is 0 Å². The number of nitrogens with one attached hydrogen (secondary N) is 1. The van der Waals surface area contributed by atoms with Crippen LogP contribution < -0.4 is 10.1 Å². The zero-order valence-corrected chi connectivity index (χ0v) is 9.20. The van der Waals surface area contributed by atoms with Crippen LogP contribution in [0.1, 0.15) is 5.56 Å². The van der Waals surface area contributed by atoms with E-state index in [1.165, 1.54) is 25.2 Å². The van der Waals surface area contributed by atoms with E-state index >= 15 is 0 Å². The van der Waals surface area contributed by atoms with Gasteiger partial charge in [-0.2, -0.15) is 0 Å². The minimum absolute atomic E-state index is 0.919. The maximum Gasteiger partial charge on any atom is 0.118 e. The Morgan fingerprint density at radius 3 is 2.60 bits per heavy atom. The molecular weight excluding hydrogens is 188 g/mol. The first kappa shape index (κ1) is 10.5. The minimum atomic E-state index is 0.919. The number of benzene rings is 1. The number of nitrogens with zero attached hydrogens (tertiary/aromatic N) is 1. The predicted molar refractivity (Wildman–Crippen MR) is 61.1 cm³/mol. The van der Waals surface area contributed by atoms with Gasteiger partial charge in [0.2, 0.25) is 0 Å². The summed E-state index contributed by atoms with van der Waals surface area (Å²) in [6, 6.07) is 8.20. The van der Waals surface area contributed by atoms with Gasteiger partial charge in [0.25, 0.3) is 0 Å². The smallest absolute Gasteiger partial charge is 0.118 e. The van der Waals surface area contributed by atoms with Gasteiger partial charge in [0.1, 0.15) is 5.75 Å². The molecule has 0 atom stereocenters. The van der Waals surface area contributed by atoms with Gasteiger partial charge in [0.15, 0.2) is 0 Å². The lowest BCUT2D eigenvalue weighted by Gasteiger charge is -2.06. The van der Waals surface area contributed by atoms with Crippen LogP contribution in [0.25, 0.3) is 0 Å². The van der Waals surface area contributed by atoms with Crippen LogP contribution in [0.2, 0.25) is 0 Å². The lowest BCUT2D eigenvalue weighted by atomic mass is 10.2. The summed E-state index contributed by atoms with van der Waals surface area (Å²) >= 11 is 0. The minimum Gasteiger partial charge on any atom is -0.497 e. The van der Waals surface area contributed by atoms with Crippen LogP contribution in [-0.4, -0.2) is 38.2 Å². The van der Waals surface area contributed by atoms with Gasteiger partial charge in [-0.05, 0) is 17.7 Å². The first-order valence-corrected chi connectivity index (χ1v) is 5.44. The third kappa shape index (κ3) is 3.53. The van der Waals surface area contributed by atoms with Crippen LogP contribution in [0, 0.1) is 0 Å². The Balaban J connectivity index is 1.67. The standard InChI is InChI=1S/C12H18N2O/c1-15-12-4-2-11(3-5-12)10-13-6-7-14-8-9-14/h2-5,13H,6-10H2,1H3. The van der Waals surface area contributed by atoms with Crippen LogP contribution in [0.5, 0.6) is 5.75 Å². The van der Waals surface area contributed by atoms with Crippen molar-refractivity contribution in [3.05, 3.63) is 29.8 Å². The Bertz CT molecular complexity index is 293. The molecule has 0 saturated carbocycles. The average Bonchev–Trinajstić information content (AvgIpc) is 3.09. The largest absolute Gasteiger partial charge is 0.497 e. The number of hydrogen-bond donors (Lipinski definition) is 1. The predicted octanol–water partition coefficient (Wildman–Crippen LogP) is 1.10. The van der Waals surface area contributed by atoms with E-state index in [4.69, 9.17) is 4.74 Å². The summed E-state index contributed by atoms with van der Waals surface area (Å²) in [5.74, 6) is 0.919. The van der Waals surface area contributed by atoms with Gasteiger partial charge >= 0.3 is 0 Å². The second-order valence-corrected chi connectivity index (χ2v) is 3.87. The van der Waals surface area contributed by atoms with Crippen molar-refractivity contribution in [3.8, 4) is 5.75 Å². The maximum absolute atomic E-state index is 5.11. The maximum atomic E-state index is 5.11. The van der Waals surface area contributed by atoms with Crippen LogP contribution >= 0.6 is 0 Å². The fraction of sp³-hybridized carbons (Fsp3) is 0.500. The molecule has 2 rings (SSSR count). The van der Waals surface area contributed by atoms with E-state index in [2.05, 4.69) is 22.3 Å². The van der Waals surface area contributed by atoms with E-state index in [0.29, 0.717) is 0 Å². The van der Waals surface area contributed by atoms with Gasteiger partial charge in [0, 0.05) is 32.7 Å². The average molecular weight is 206 g/mol. The molecule has 1 heterocycles. The van der Waals surface area contributed by atoms with E-state index in [0.717, 1.165) is 18.8 Å². The molecular formula is C12H18N2O. The second-order valence-electron chi connectivity index (χ2n) is 3.87. The molecule has 1 fully saturated rings. The molecule has 0 bridgehead atoms. The summed E-state index contributed by atoms with van der Waals surface area (Å²) in [5.41, 5.74) is 1.31. The van der Waals surface area contributed by atoms with Crippen molar-refractivity contribution in [2.45, 2.75) is 6.54 Å². The normalized spacial score (nSPS) is 15.3. The first-order chi connectivity index (χ1) is 7.38. The molecule has 1 aromatic carbocycles. The van der Waals surface area contributed by atoms with Crippen LogP contribution in [0.4, 0.5) is 0 Å². The topological polar surface area (TPSA) is 24.3 Å². The summed E-state index contributed by atoms with van der Waals surface area (Å²) in [7, 11) is 1.69. The molecule has 1 N–H and O–H groups in total. The zero-order valence-electron chi connectivity index (χ0n) is 9.20. The van der Waals surface area contributed by atoms with Crippen molar-refractivity contribution >= 4 is 0 Å². The number of methoxy groups -OCH3 is 1. The molecule has 0 aromatic heterocycles. The van der Waals surface area contributed by atoms with Gasteiger partial charge in [-0.1, -0.05) is 12.1 Å². The van der Waals surface area contributed by atoms with E-state index in [-0.39, 0.29) is 0 Å². The van der Waals surface area contributed by atoms with E-state index in [1.807, 2.05) is 12.1 Å². The summed E-state index contributed by atoms with van der Waals surface area (Å²) < 4.78 is 5.11. The van der Waals surface area contributed by atoms with Crippen molar-refractivity contribution < 1.29 is 4.74 Å². The Labute approximate surface area is 91.0 Å². The number of hydrogen-bond acceptors (Lipinski definition) is 3. The van der Waals surface area contributed by atoms with Gasteiger partial charge in [-0.15, -0.1) is 0 Å². The molecule has 3 nitrogen and oxygen atoms in total. The highest BCUT2D eigenvalue weighted by Crippen LogP contribution is 2.10. The summed E-state index contributed by atoms with van der Waals surface area (Å²) in [5, 5.41) is 3.43. The van der Waals surface area contributed by atoms with E-state index in [9.17, 15) is 0 Å². The number of rotatable bonds is 6. The Morgan fingerprint density at radius 1 is 1.27 bits per heavy atom. The Kier molecular flexibility index (Phi) is 3.59. The Morgan fingerprint density at radius 2 is 2.00 bits per heavy atom. The zero-order chi connectivity index (χ0) is 10.5. The van der Waals surface area contributed by atoms with Crippen LogP contribution in [0.3, 0.4) is 0 Å². The molecule has 0 radical (unpaired) electrons. The summed E-state index contributed by atoms with van der Waals surface area (Å²) in [6.07, 6.45) is 0. The van der Waals surface area contributed by atoms with Crippen molar-refractivity contribution in [3.63, 3.8) is 0 Å². The molecule has 0 aliphatic carbocycles. The molecule has 1 saturated heterocycles. The molecule has 82 valence electrons. The molecule has 3 heteroatoms. The summed E-state index contributed by atoms with van der Waals surface area (Å²) in [6.45, 7) is 5.76. The fourth-order valence-corrected chi connectivity index (χ4v) is 1.51. The van der Waals surface area contributed by atoms with Gasteiger partial charge < -0.3 is 10.1 Å². The van der Waals surface area contributed by atoms with Crippen LogP contribution in [-0.2, 0) is 6.54 Å². The molecule has 1 aromatic rings. The monoisotopic (exact) mass is 206 g/mol. The van der Waals surface area contributed by atoms with Gasteiger partial charge in [-0.3, -0.25) is 4.90 Å². The van der Waals surface area contributed by atoms with Crippen molar-refractivity contribution in [2.75, 3.05) is 33.3 Å². The third-order valence-electron chi connectivity index (χ3n) is 2.63. The highest BCUT2D eigenvalue weighted by Gasteiger charge is 2.15. The van der Waals surface area contributed by atoms with E-state index in [1.54, 1.807) is 7.11 Å². The lowest BCUT2D eigenvalue weighted by Crippen LogP contribution is -2.21. The highest BCUT2D eigenvalue weighted by atomic mass is 16.5. The quantitative estimate of drug-likeness (QED) is 0.557. The molecule has 0 amide bonds. The highest BCUT2D eigenvalue weighted by molar-refractivity contribution is 5.26. The molecule has 15 heavy (non-hydrogen) atoms. The number of ether oxygens (including phenoxy) is 1. The van der Waals surface area contributed by atoms with Gasteiger partial charge in [0.05, 0.1) is 7.11 Å². The fourth-order valence-electron chi connectivity index (χ4n) is 1.51. The molecule has 1 aliphatic heterocycles. The van der Waals surface area contributed by atoms with Crippen LogP contribution in [0.15, 0.2) is 24.3 Å². The SMILES string of the molecule is COc1ccc(CNCCN2CC2)cc1. The van der Waals surface area contributed by atoms with E-state index < -0.39 is 0 Å². The third-order valence-corrected chi connectivity index (χ3v) is 2.63. The van der Waals surface area contributed by atoms with Gasteiger partial charge in [-0.25, -0.2) is 0 Å². The van der Waals surface area contributed by atoms with Crippen molar-refractivity contribution in [2.24, 2.45) is 0 Å². The first-order valence-electron chi connectivity index (χ1n) is 5.44. The Hall–Kier alpha value is -1.06.